The van der Waals surface area contributed by atoms with E-state index in [0.717, 1.165) is 26.2 Å². The lowest BCUT2D eigenvalue weighted by molar-refractivity contribution is -0.141. The van der Waals surface area contributed by atoms with Crippen molar-refractivity contribution in [3.63, 3.8) is 0 Å². The number of ether oxygens (including phenoxy) is 1. The van der Waals surface area contributed by atoms with Crippen LogP contribution in [0.4, 0.5) is 0 Å². The summed E-state index contributed by atoms with van der Waals surface area (Å²) in [5, 5.41) is 1.95. The molecule has 1 amide bonds. The van der Waals surface area contributed by atoms with Crippen molar-refractivity contribution in [3.05, 3.63) is 56.5 Å². The molecule has 2 heterocycles. The molecule has 0 fully saturated rings. The predicted molar refractivity (Wildman–Crippen MR) is 105 cm³/mol. The molecule has 0 radical (unpaired) electrons. The Labute approximate surface area is 158 Å². The number of methoxy groups -OCH3 is 1. The molecule has 3 rings (SSSR count). The highest BCUT2D eigenvalue weighted by Crippen LogP contribution is 2.23. The number of esters is 1. The lowest BCUT2D eigenvalue weighted by Crippen LogP contribution is -2.22. The van der Waals surface area contributed by atoms with Gasteiger partial charge in [-0.25, -0.2) is 0 Å². The van der Waals surface area contributed by atoms with Crippen molar-refractivity contribution >= 4 is 50.8 Å². The van der Waals surface area contributed by atoms with Crippen molar-refractivity contribution in [3.8, 4) is 0 Å². The summed E-state index contributed by atoms with van der Waals surface area (Å²) < 4.78 is 7.53. The number of thiazole rings is 1. The molecule has 7 heteroatoms. The fourth-order valence-corrected chi connectivity index (χ4v) is 4.52. The van der Waals surface area contributed by atoms with E-state index in [-0.39, 0.29) is 18.4 Å². The first-order valence-corrected chi connectivity index (χ1v) is 9.65. The Kier molecular flexibility index (Phi) is 5.49. The number of hydrogen-bond acceptors (Lipinski definition) is 5. The van der Waals surface area contributed by atoms with E-state index in [0.29, 0.717) is 4.80 Å². The summed E-state index contributed by atoms with van der Waals surface area (Å²) in [5.74, 6) is -0.745. The van der Waals surface area contributed by atoms with E-state index in [1.54, 1.807) is 22.0 Å². The Morgan fingerprint density at radius 2 is 2.12 bits per heavy atom. The lowest BCUT2D eigenvalue weighted by Gasteiger charge is -2.06. The second-order valence-corrected chi connectivity index (χ2v) is 7.76. The highest BCUT2D eigenvalue weighted by atomic mass is 32.1. The van der Waals surface area contributed by atoms with Gasteiger partial charge in [-0.1, -0.05) is 23.5 Å². The Bertz CT molecular complexity index is 1060. The molecule has 0 atom stereocenters. The van der Waals surface area contributed by atoms with E-state index in [4.69, 9.17) is 4.74 Å². The first-order valence-electron chi connectivity index (χ1n) is 7.95. The van der Waals surface area contributed by atoms with Gasteiger partial charge in [0, 0.05) is 11.0 Å². The number of nitrogens with zero attached hydrogens (tertiary/aromatic N) is 2. The van der Waals surface area contributed by atoms with Crippen molar-refractivity contribution < 1.29 is 14.3 Å². The maximum atomic E-state index is 12.3. The van der Waals surface area contributed by atoms with Crippen LogP contribution in [0.3, 0.4) is 0 Å². The lowest BCUT2D eigenvalue weighted by atomic mass is 10.1. The van der Waals surface area contributed by atoms with E-state index < -0.39 is 0 Å². The third-order valence-corrected chi connectivity index (χ3v) is 5.63. The number of carbonyl (C=O) groups excluding carboxylic acids is 2. The average Bonchev–Trinajstić information content (AvgIpc) is 3.21. The zero-order valence-electron chi connectivity index (χ0n) is 14.7. The van der Waals surface area contributed by atoms with Gasteiger partial charge in [0.2, 0.25) is 0 Å². The fraction of sp³-hybridized carbons (Fsp3) is 0.211. The molecular weight excluding hydrogens is 368 g/mol. The van der Waals surface area contributed by atoms with Gasteiger partial charge in [-0.05, 0) is 48.6 Å². The van der Waals surface area contributed by atoms with Crippen LogP contribution in [0.25, 0.3) is 16.3 Å². The maximum absolute atomic E-state index is 12.3. The average molecular weight is 386 g/mol. The molecule has 0 aliphatic heterocycles. The maximum Gasteiger partial charge on any atom is 0.325 e. The second-order valence-electron chi connectivity index (χ2n) is 5.77. The Morgan fingerprint density at radius 3 is 2.81 bits per heavy atom. The minimum Gasteiger partial charge on any atom is -0.468 e. The highest BCUT2D eigenvalue weighted by Gasteiger charge is 2.13. The van der Waals surface area contributed by atoms with Crippen LogP contribution in [0.2, 0.25) is 0 Å². The largest absolute Gasteiger partial charge is 0.468 e. The summed E-state index contributed by atoms with van der Waals surface area (Å²) in [6.07, 6.45) is 3.18. The third kappa shape index (κ3) is 4.00. The van der Waals surface area contributed by atoms with Crippen LogP contribution in [-0.2, 0) is 20.9 Å². The zero-order chi connectivity index (χ0) is 18.7. The van der Waals surface area contributed by atoms with Gasteiger partial charge in [0.15, 0.2) is 4.80 Å². The van der Waals surface area contributed by atoms with Crippen molar-refractivity contribution in [2.45, 2.75) is 20.4 Å². The molecule has 5 nitrogen and oxygen atoms in total. The van der Waals surface area contributed by atoms with Crippen molar-refractivity contribution in [2.75, 3.05) is 7.11 Å². The molecule has 1 aromatic carbocycles. The van der Waals surface area contributed by atoms with Gasteiger partial charge >= 0.3 is 5.97 Å². The molecule has 0 saturated carbocycles. The molecule has 0 aliphatic rings. The molecule has 0 aliphatic carbocycles. The van der Waals surface area contributed by atoms with E-state index in [2.05, 4.69) is 4.99 Å². The highest BCUT2D eigenvalue weighted by molar-refractivity contribution is 7.16. The van der Waals surface area contributed by atoms with Gasteiger partial charge in [-0.15, -0.1) is 11.3 Å². The molecule has 0 spiro atoms. The quantitative estimate of drug-likeness (QED) is 0.507. The summed E-state index contributed by atoms with van der Waals surface area (Å²) in [6.45, 7) is 4.02. The van der Waals surface area contributed by atoms with Crippen molar-refractivity contribution in [1.82, 2.24) is 4.57 Å². The summed E-state index contributed by atoms with van der Waals surface area (Å²) in [6, 6.07) is 7.93. The van der Waals surface area contributed by atoms with Gasteiger partial charge in [0.05, 0.1) is 17.3 Å². The molecule has 26 heavy (non-hydrogen) atoms. The summed E-state index contributed by atoms with van der Waals surface area (Å²) >= 11 is 2.94. The molecular formula is C19H18N2O3S2. The number of aromatic nitrogens is 1. The predicted octanol–water partition coefficient (Wildman–Crippen LogP) is 3.69. The summed E-state index contributed by atoms with van der Waals surface area (Å²) in [5.41, 5.74) is 3.06. The minimum atomic E-state index is -0.382. The first-order chi connectivity index (χ1) is 12.5. The van der Waals surface area contributed by atoms with Crippen LogP contribution in [0, 0.1) is 13.8 Å². The van der Waals surface area contributed by atoms with E-state index in [1.165, 1.54) is 24.5 Å². The number of fused-ring (bicyclic) bond motifs is 1. The number of carbonyl (C=O) groups is 2. The van der Waals surface area contributed by atoms with Crippen LogP contribution in [-0.4, -0.2) is 23.6 Å². The van der Waals surface area contributed by atoms with Crippen LogP contribution in [0.5, 0.6) is 0 Å². The Hall–Kier alpha value is -2.51. The van der Waals surface area contributed by atoms with Crippen LogP contribution in [0.15, 0.2) is 40.7 Å². The number of thiophene rings is 1. The molecule has 2 aromatic heterocycles. The van der Waals surface area contributed by atoms with Crippen LogP contribution in [0.1, 0.15) is 16.0 Å². The Morgan fingerprint density at radius 1 is 1.31 bits per heavy atom. The second kappa shape index (κ2) is 7.80. The van der Waals surface area contributed by atoms with E-state index >= 15 is 0 Å². The monoisotopic (exact) mass is 386 g/mol. The van der Waals surface area contributed by atoms with Gasteiger partial charge in [-0.2, -0.15) is 4.99 Å². The summed E-state index contributed by atoms with van der Waals surface area (Å²) in [4.78, 5) is 29.8. The normalized spacial score (nSPS) is 12.2. The minimum absolute atomic E-state index is 0.0150. The third-order valence-electron chi connectivity index (χ3n) is 3.77. The molecule has 3 aromatic rings. The van der Waals surface area contributed by atoms with Crippen LogP contribution < -0.4 is 4.80 Å². The molecule has 0 saturated heterocycles. The number of benzene rings is 1. The Balaban J connectivity index is 2.08. The molecule has 0 N–H and O–H groups in total. The van der Waals surface area contributed by atoms with Gasteiger partial charge in [0.1, 0.15) is 6.54 Å². The number of amides is 1. The van der Waals surface area contributed by atoms with Crippen molar-refractivity contribution in [1.29, 1.82) is 0 Å². The number of hydrogen-bond donors (Lipinski definition) is 0. The van der Waals surface area contributed by atoms with Crippen LogP contribution >= 0.6 is 22.7 Å². The first kappa shape index (κ1) is 18.3. The fourth-order valence-electron chi connectivity index (χ4n) is 2.69. The standard InChI is InChI=1S/C19H18N2O3S2/c1-12-9-13(2)18-15(10-12)26-19(21(18)11-17(23)24-3)20-16(22)7-6-14-5-4-8-25-14/h4-10H,11H2,1-3H3. The van der Waals surface area contributed by atoms with Crippen molar-refractivity contribution in [2.24, 2.45) is 4.99 Å². The van der Waals surface area contributed by atoms with E-state index in [1.807, 2.05) is 43.5 Å². The zero-order valence-corrected chi connectivity index (χ0v) is 16.3. The smallest absolute Gasteiger partial charge is 0.325 e. The number of rotatable bonds is 4. The van der Waals surface area contributed by atoms with Gasteiger partial charge < -0.3 is 9.30 Å². The SMILES string of the molecule is COC(=O)Cn1c(=NC(=O)C=Cc2cccs2)sc2cc(C)cc(C)c21. The molecule has 0 unspecified atom stereocenters. The van der Waals surface area contributed by atoms with Gasteiger partial charge in [0.25, 0.3) is 5.91 Å². The number of aryl methyl sites for hydroxylation is 2. The van der Waals surface area contributed by atoms with E-state index in [9.17, 15) is 9.59 Å². The molecule has 134 valence electrons. The molecule has 0 bridgehead atoms. The topological polar surface area (TPSA) is 60.7 Å². The summed E-state index contributed by atoms with van der Waals surface area (Å²) in [7, 11) is 1.35. The van der Waals surface area contributed by atoms with Gasteiger partial charge in [-0.3, -0.25) is 9.59 Å².